The van der Waals surface area contributed by atoms with E-state index in [2.05, 4.69) is 20.8 Å². The fourth-order valence-corrected chi connectivity index (χ4v) is 4.42. The van der Waals surface area contributed by atoms with Crippen molar-refractivity contribution in [1.82, 2.24) is 0 Å². The van der Waals surface area contributed by atoms with E-state index >= 15 is 0 Å². The fraction of sp³-hybridized carbons (Fsp3) is 1.00. The van der Waals surface area contributed by atoms with Gasteiger partial charge in [0.1, 0.15) is 17.3 Å². The summed E-state index contributed by atoms with van der Waals surface area (Å²) in [4.78, 5) is 0. The molecule has 2 heteroatoms. The average molecular weight is 263 g/mol. The van der Waals surface area contributed by atoms with Gasteiger partial charge in [-0.1, -0.05) is 40.0 Å². The Bertz CT molecular complexity index is 104. The second-order valence-electron chi connectivity index (χ2n) is 4.85. The Morgan fingerprint density at radius 3 is 1.06 bits per heavy atom. The van der Waals surface area contributed by atoms with Crippen molar-refractivity contribution >= 4 is 10.9 Å². The molecule has 1 nitrogen and oxygen atoms in total. The summed E-state index contributed by atoms with van der Waals surface area (Å²) in [5, 5.41) is 0. The highest BCUT2D eigenvalue weighted by Crippen LogP contribution is 2.10. The van der Waals surface area contributed by atoms with Gasteiger partial charge in [-0.25, -0.2) is 0 Å². The summed E-state index contributed by atoms with van der Waals surface area (Å²) >= 11 is 0. The van der Waals surface area contributed by atoms with Crippen LogP contribution in [-0.2, 0) is 10.9 Å². The van der Waals surface area contributed by atoms with Gasteiger partial charge in [0.05, 0.1) is 0 Å². The van der Waals surface area contributed by atoms with Crippen LogP contribution in [-0.4, -0.2) is 22.7 Å². The minimum atomic E-state index is 0. The Balaban J connectivity index is 0. The molecule has 0 aromatic rings. The third-order valence-electron chi connectivity index (χ3n) is 3.11. The molecule has 0 aliphatic rings. The lowest BCUT2D eigenvalue weighted by Gasteiger charge is -2.08. The molecule has 0 amide bonds. The van der Waals surface area contributed by atoms with Crippen LogP contribution in [0.5, 0.6) is 0 Å². The maximum absolute atomic E-state index is 2.31. The van der Waals surface area contributed by atoms with E-state index < -0.39 is 0 Å². The first kappa shape index (κ1) is 19.6. The molecule has 1 N–H and O–H groups in total. The number of hydrogen-bond donors (Lipinski definition) is 0. The van der Waals surface area contributed by atoms with E-state index in [-0.39, 0.29) is 5.48 Å². The first-order valence-electron chi connectivity index (χ1n) is 7.49. The molecule has 0 aromatic heterocycles. The number of unbranched alkanes of at least 4 members (excludes halogenated alkanes) is 6. The van der Waals surface area contributed by atoms with Gasteiger partial charge in [-0.15, -0.1) is 0 Å². The van der Waals surface area contributed by atoms with E-state index in [4.69, 9.17) is 0 Å². The van der Waals surface area contributed by atoms with Crippen LogP contribution in [0, 0.1) is 0 Å². The molecule has 0 fully saturated rings. The van der Waals surface area contributed by atoms with Crippen LogP contribution in [0.1, 0.15) is 78.6 Å². The Morgan fingerprint density at radius 2 is 0.824 bits per heavy atom. The minimum absolute atomic E-state index is 0. The average Bonchev–Trinajstić information content (AvgIpc) is 2.29. The number of rotatable bonds is 12. The van der Waals surface area contributed by atoms with Gasteiger partial charge in [0, 0.05) is 0 Å². The molecule has 0 radical (unpaired) electrons. The molecule has 0 saturated carbocycles. The molecule has 0 unspecified atom stereocenters. The predicted octanol–water partition coefficient (Wildman–Crippen LogP) is 5.00. The van der Waals surface area contributed by atoms with Crippen LogP contribution in [0.25, 0.3) is 0 Å². The smallest absolute Gasteiger partial charge is 0.108 e. The van der Waals surface area contributed by atoms with Gasteiger partial charge in [0.25, 0.3) is 0 Å². The molecule has 0 bridgehead atoms. The second-order valence-corrected chi connectivity index (χ2v) is 7.30. The third-order valence-corrected chi connectivity index (χ3v) is 5.71. The lowest BCUT2D eigenvalue weighted by Crippen LogP contribution is -2.16. The highest BCUT2D eigenvalue weighted by atomic mass is 32.2. The van der Waals surface area contributed by atoms with Crippen molar-refractivity contribution < 1.29 is 5.48 Å². The van der Waals surface area contributed by atoms with Crippen molar-refractivity contribution in [3.63, 3.8) is 0 Å². The molecule has 0 saturated heterocycles. The summed E-state index contributed by atoms with van der Waals surface area (Å²) in [5.74, 6) is 4.59. The van der Waals surface area contributed by atoms with E-state index in [1.54, 1.807) is 0 Å². The highest BCUT2D eigenvalue weighted by Gasteiger charge is 2.15. The standard InChI is InChI=1S/C15H33S.H2O/c1-4-7-10-13-16(14-11-8-5-2)15-12-9-6-3;/h4-15H2,1-3H3;1H2/q+1;/p-1. The Labute approximate surface area is 112 Å². The normalized spacial score (nSPS) is 10.6. The van der Waals surface area contributed by atoms with Crippen molar-refractivity contribution in [1.29, 1.82) is 0 Å². The predicted molar refractivity (Wildman–Crippen MR) is 82.5 cm³/mol. The Morgan fingerprint density at radius 1 is 0.529 bits per heavy atom. The summed E-state index contributed by atoms with van der Waals surface area (Å²) < 4.78 is 0. The van der Waals surface area contributed by atoms with E-state index in [1.165, 1.54) is 75.0 Å². The molecule has 0 spiro atoms. The molecule has 0 aliphatic carbocycles. The van der Waals surface area contributed by atoms with Gasteiger partial charge >= 0.3 is 0 Å². The molecule has 0 aliphatic heterocycles. The quantitative estimate of drug-likeness (QED) is 0.359. The van der Waals surface area contributed by atoms with Gasteiger partial charge in [0.2, 0.25) is 0 Å². The SMILES string of the molecule is CCCCC[S+](CCCCC)CCCCC.[OH-]. The van der Waals surface area contributed by atoms with Crippen molar-refractivity contribution in [2.75, 3.05) is 17.3 Å². The maximum atomic E-state index is 2.31. The second kappa shape index (κ2) is 16.3. The molecular formula is C15H34OS. The highest BCUT2D eigenvalue weighted by molar-refractivity contribution is 7.96. The summed E-state index contributed by atoms with van der Waals surface area (Å²) in [7, 11) is 0.771. The lowest BCUT2D eigenvalue weighted by molar-refractivity contribution is 0.752. The molecular weight excluding hydrogens is 228 g/mol. The summed E-state index contributed by atoms with van der Waals surface area (Å²) in [6.45, 7) is 6.94. The zero-order valence-electron chi connectivity index (χ0n) is 12.3. The molecule has 0 aromatic carbocycles. The van der Waals surface area contributed by atoms with Crippen LogP contribution in [0.4, 0.5) is 0 Å². The summed E-state index contributed by atoms with van der Waals surface area (Å²) in [6, 6.07) is 0. The fourth-order valence-electron chi connectivity index (χ4n) is 1.97. The topological polar surface area (TPSA) is 30.0 Å². The Hall–Kier alpha value is 0.310. The zero-order valence-corrected chi connectivity index (χ0v) is 13.2. The molecule has 17 heavy (non-hydrogen) atoms. The van der Waals surface area contributed by atoms with Gasteiger partial charge < -0.3 is 5.48 Å². The maximum Gasteiger partial charge on any atom is 0.108 e. The largest absolute Gasteiger partial charge is 0.870 e. The van der Waals surface area contributed by atoms with Crippen molar-refractivity contribution in [3.8, 4) is 0 Å². The van der Waals surface area contributed by atoms with Gasteiger partial charge in [-0.05, 0) is 49.4 Å². The number of hydrogen-bond acceptors (Lipinski definition) is 1. The molecule has 106 valence electrons. The van der Waals surface area contributed by atoms with E-state index in [9.17, 15) is 0 Å². The summed E-state index contributed by atoms with van der Waals surface area (Å²) in [6.07, 6.45) is 12.9. The molecule has 0 atom stereocenters. The third kappa shape index (κ3) is 14.2. The Kier molecular flexibility index (Phi) is 18.8. The zero-order chi connectivity index (χ0) is 12.1. The van der Waals surface area contributed by atoms with Gasteiger partial charge in [-0.3, -0.25) is 0 Å². The van der Waals surface area contributed by atoms with Crippen LogP contribution in [0.2, 0.25) is 0 Å². The van der Waals surface area contributed by atoms with Crippen molar-refractivity contribution in [2.24, 2.45) is 0 Å². The van der Waals surface area contributed by atoms with Crippen LogP contribution in [0.3, 0.4) is 0 Å². The van der Waals surface area contributed by atoms with Gasteiger partial charge in [-0.2, -0.15) is 0 Å². The van der Waals surface area contributed by atoms with Crippen LogP contribution < -0.4 is 0 Å². The monoisotopic (exact) mass is 262 g/mol. The lowest BCUT2D eigenvalue weighted by atomic mass is 10.3. The first-order chi connectivity index (χ1) is 7.85. The first-order valence-corrected chi connectivity index (χ1v) is 9.22. The van der Waals surface area contributed by atoms with Crippen LogP contribution in [0.15, 0.2) is 0 Å². The van der Waals surface area contributed by atoms with Crippen molar-refractivity contribution in [2.45, 2.75) is 78.6 Å². The van der Waals surface area contributed by atoms with Crippen molar-refractivity contribution in [3.05, 3.63) is 0 Å². The molecule has 0 rings (SSSR count). The van der Waals surface area contributed by atoms with E-state index in [0.29, 0.717) is 0 Å². The molecule has 0 heterocycles. The van der Waals surface area contributed by atoms with Gasteiger partial charge in [0.15, 0.2) is 0 Å². The summed E-state index contributed by atoms with van der Waals surface area (Å²) in [5.41, 5.74) is 0. The van der Waals surface area contributed by atoms with Crippen LogP contribution >= 0.6 is 0 Å². The van der Waals surface area contributed by atoms with E-state index in [0.717, 1.165) is 10.9 Å². The minimum Gasteiger partial charge on any atom is -0.870 e. The van der Waals surface area contributed by atoms with E-state index in [1.807, 2.05) is 0 Å².